The van der Waals surface area contributed by atoms with Gasteiger partial charge >= 0.3 is 0 Å². The minimum atomic E-state index is 0.570. The maximum absolute atomic E-state index is 3.70. The van der Waals surface area contributed by atoms with Crippen molar-refractivity contribution in [3.05, 3.63) is 48.6 Å². The maximum atomic E-state index is 3.70. The summed E-state index contributed by atoms with van der Waals surface area (Å²) in [6.07, 6.45) is 1.90. The van der Waals surface area contributed by atoms with Crippen molar-refractivity contribution in [2.24, 2.45) is 0 Å². The lowest BCUT2D eigenvalue weighted by molar-refractivity contribution is 0.214. The molecule has 0 atom stereocenters. The fourth-order valence-corrected chi connectivity index (χ4v) is 1.76. The molecule has 0 saturated carbocycles. The smallest absolute Gasteiger partial charge is 0.0236 e. The second kappa shape index (κ2) is 8.04. The summed E-state index contributed by atoms with van der Waals surface area (Å²) >= 11 is 0. The average Bonchev–Trinajstić information content (AvgIpc) is 2.34. The summed E-state index contributed by atoms with van der Waals surface area (Å²) in [4.78, 5) is 2.48. The van der Waals surface area contributed by atoms with E-state index in [1.165, 1.54) is 5.56 Å². The van der Waals surface area contributed by atoms with Crippen LogP contribution < -0.4 is 5.32 Å². The summed E-state index contributed by atoms with van der Waals surface area (Å²) in [6, 6.07) is 11.2. The van der Waals surface area contributed by atoms with E-state index in [2.05, 4.69) is 61.0 Å². The number of hydrogen-bond acceptors (Lipinski definition) is 2. The van der Waals surface area contributed by atoms with Crippen molar-refractivity contribution in [2.75, 3.05) is 19.6 Å². The van der Waals surface area contributed by atoms with Crippen molar-refractivity contribution >= 4 is 0 Å². The molecule has 0 bridgehead atoms. The predicted molar refractivity (Wildman–Crippen MR) is 75.1 cm³/mol. The standard InChI is InChI=1S/C15H24N2/c1-4-10-16-11-12-17(14(2)3)13-15-8-6-5-7-9-15/h4-9,14,16H,1,10-13H2,2-3H3. The number of nitrogens with zero attached hydrogens (tertiary/aromatic N) is 1. The van der Waals surface area contributed by atoms with Gasteiger partial charge in [-0.1, -0.05) is 36.4 Å². The molecule has 0 radical (unpaired) electrons. The molecule has 0 saturated heterocycles. The molecule has 0 spiro atoms. The lowest BCUT2D eigenvalue weighted by Gasteiger charge is -2.26. The Bertz CT molecular complexity index is 306. The molecular formula is C15H24N2. The Morgan fingerprint density at radius 1 is 1.29 bits per heavy atom. The molecule has 0 aliphatic rings. The zero-order chi connectivity index (χ0) is 12.5. The van der Waals surface area contributed by atoms with Crippen LogP contribution in [0.3, 0.4) is 0 Å². The zero-order valence-electron chi connectivity index (χ0n) is 11.0. The van der Waals surface area contributed by atoms with E-state index >= 15 is 0 Å². The molecule has 1 N–H and O–H groups in total. The topological polar surface area (TPSA) is 15.3 Å². The Balaban J connectivity index is 2.41. The van der Waals surface area contributed by atoms with E-state index in [0.717, 1.165) is 26.2 Å². The maximum Gasteiger partial charge on any atom is 0.0236 e. The molecule has 0 aromatic heterocycles. The molecule has 2 heteroatoms. The van der Waals surface area contributed by atoms with Gasteiger partial charge in [0.25, 0.3) is 0 Å². The molecule has 94 valence electrons. The minimum Gasteiger partial charge on any atom is -0.312 e. The van der Waals surface area contributed by atoms with Crippen LogP contribution in [0.4, 0.5) is 0 Å². The van der Waals surface area contributed by atoms with Gasteiger partial charge in [-0.2, -0.15) is 0 Å². The Morgan fingerprint density at radius 3 is 2.59 bits per heavy atom. The highest BCUT2D eigenvalue weighted by atomic mass is 15.2. The first-order valence-corrected chi connectivity index (χ1v) is 6.33. The van der Waals surface area contributed by atoms with Gasteiger partial charge in [-0.3, -0.25) is 4.90 Å². The number of nitrogens with one attached hydrogen (secondary N) is 1. The van der Waals surface area contributed by atoms with Crippen LogP contribution in [0, 0.1) is 0 Å². The van der Waals surface area contributed by atoms with Gasteiger partial charge < -0.3 is 5.32 Å². The van der Waals surface area contributed by atoms with E-state index < -0.39 is 0 Å². The summed E-state index contributed by atoms with van der Waals surface area (Å²) in [6.45, 7) is 12.2. The zero-order valence-corrected chi connectivity index (χ0v) is 11.0. The Hall–Kier alpha value is -1.12. The quantitative estimate of drug-likeness (QED) is 0.547. The van der Waals surface area contributed by atoms with E-state index in [1.54, 1.807) is 0 Å². The van der Waals surface area contributed by atoms with E-state index in [1.807, 2.05) is 6.08 Å². The van der Waals surface area contributed by atoms with Gasteiger partial charge in [0.1, 0.15) is 0 Å². The van der Waals surface area contributed by atoms with E-state index in [0.29, 0.717) is 6.04 Å². The number of hydrogen-bond donors (Lipinski definition) is 1. The van der Waals surface area contributed by atoms with Crippen LogP contribution >= 0.6 is 0 Å². The van der Waals surface area contributed by atoms with Crippen molar-refractivity contribution in [3.8, 4) is 0 Å². The van der Waals surface area contributed by atoms with Crippen LogP contribution in [0.5, 0.6) is 0 Å². The van der Waals surface area contributed by atoms with Crippen molar-refractivity contribution in [2.45, 2.75) is 26.4 Å². The third kappa shape index (κ3) is 5.66. The van der Waals surface area contributed by atoms with Crippen molar-refractivity contribution in [1.29, 1.82) is 0 Å². The van der Waals surface area contributed by atoms with Crippen molar-refractivity contribution < 1.29 is 0 Å². The van der Waals surface area contributed by atoms with Crippen LogP contribution in [0.2, 0.25) is 0 Å². The second-order valence-corrected chi connectivity index (χ2v) is 4.54. The summed E-state index contributed by atoms with van der Waals surface area (Å²) in [7, 11) is 0. The highest BCUT2D eigenvalue weighted by Gasteiger charge is 2.08. The number of benzene rings is 1. The minimum absolute atomic E-state index is 0.570. The van der Waals surface area contributed by atoms with Gasteiger partial charge in [-0.15, -0.1) is 6.58 Å². The molecule has 0 amide bonds. The van der Waals surface area contributed by atoms with E-state index in [-0.39, 0.29) is 0 Å². The van der Waals surface area contributed by atoms with Gasteiger partial charge in [-0.05, 0) is 19.4 Å². The number of rotatable bonds is 8. The predicted octanol–water partition coefficient (Wildman–Crippen LogP) is 2.67. The van der Waals surface area contributed by atoms with Gasteiger partial charge in [0.15, 0.2) is 0 Å². The molecule has 1 aromatic rings. The Labute approximate surface area is 105 Å². The summed E-state index contributed by atoms with van der Waals surface area (Å²) in [5.74, 6) is 0. The molecule has 2 nitrogen and oxygen atoms in total. The molecule has 1 aromatic carbocycles. The summed E-state index contributed by atoms with van der Waals surface area (Å²) < 4.78 is 0. The van der Waals surface area contributed by atoms with Crippen LogP contribution in [-0.2, 0) is 6.54 Å². The first-order chi connectivity index (χ1) is 8.24. The van der Waals surface area contributed by atoms with E-state index in [9.17, 15) is 0 Å². The van der Waals surface area contributed by atoms with Crippen LogP contribution in [0.25, 0.3) is 0 Å². The average molecular weight is 232 g/mol. The third-order valence-electron chi connectivity index (χ3n) is 2.82. The lowest BCUT2D eigenvalue weighted by atomic mass is 10.2. The van der Waals surface area contributed by atoms with Crippen LogP contribution in [0.1, 0.15) is 19.4 Å². The summed E-state index contributed by atoms with van der Waals surface area (Å²) in [5.41, 5.74) is 1.38. The van der Waals surface area contributed by atoms with Crippen LogP contribution in [0.15, 0.2) is 43.0 Å². The molecular weight excluding hydrogens is 208 g/mol. The highest BCUT2D eigenvalue weighted by molar-refractivity contribution is 5.14. The Morgan fingerprint density at radius 2 is 2.00 bits per heavy atom. The molecule has 1 rings (SSSR count). The third-order valence-corrected chi connectivity index (χ3v) is 2.82. The fourth-order valence-electron chi connectivity index (χ4n) is 1.76. The highest BCUT2D eigenvalue weighted by Crippen LogP contribution is 2.07. The molecule has 0 heterocycles. The van der Waals surface area contributed by atoms with Crippen LogP contribution in [-0.4, -0.2) is 30.6 Å². The monoisotopic (exact) mass is 232 g/mol. The van der Waals surface area contributed by atoms with Gasteiger partial charge in [0, 0.05) is 32.2 Å². The van der Waals surface area contributed by atoms with E-state index in [4.69, 9.17) is 0 Å². The first-order valence-electron chi connectivity index (χ1n) is 6.33. The normalized spacial score (nSPS) is 11.1. The lowest BCUT2D eigenvalue weighted by Crippen LogP contribution is -2.36. The molecule has 0 fully saturated rings. The first kappa shape index (κ1) is 13.9. The van der Waals surface area contributed by atoms with Crippen molar-refractivity contribution in [1.82, 2.24) is 10.2 Å². The molecule has 17 heavy (non-hydrogen) atoms. The SMILES string of the molecule is C=CCNCCN(Cc1ccccc1)C(C)C. The fraction of sp³-hybridized carbons (Fsp3) is 0.467. The Kier molecular flexibility index (Phi) is 6.60. The van der Waals surface area contributed by atoms with Gasteiger partial charge in [0.2, 0.25) is 0 Å². The molecule has 0 aliphatic carbocycles. The second-order valence-electron chi connectivity index (χ2n) is 4.54. The van der Waals surface area contributed by atoms with Gasteiger partial charge in [-0.25, -0.2) is 0 Å². The van der Waals surface area contributed by atoms with Gasteiger partial charge in [0.05, 0.1) is 0 Å². The largest absolute Gasteiger partial charge is 0.312 e. The molecule has 0 unspecified atom stereocenters. The summed E-state index contributed by atoms with van der Waals surface area (Å²) in [5, 5.41) is 3.35. The van der Waals surface area contributed by atoms with Crippen molar-refractivity contribution in [3.63, 3.8) is 0 Å². The molecule has 0 aliphatic heterocycles.